The molecular formula is C9H19NO. The van der Waals surface area contributed by atoms with Crippen molar-refractivity contribution in [3.8, 4) is 0 Å². The molecule has 2 heteroatoms. The van der Waals surface area contributed by atoms with Crippen LogP contribution in [0.15, 0.2) is 0 Å². The van der Waals surface area contributed by atoms with Crippen LogP contribution in [0.25, 0.3) is 0 Å². The molecule has 0 spiro atoms. The summed E-state index contributed by atoms with van der Waals surface area (Å²) in [6.45, 7) is 7.58. The minimum atomic E-state index is 0.510. The Bertz CT molecular complexity index is 106. The molecule has 1 aliphatic heterocycles. The van der Waals surface area contributed by atoms with Gasteiger partial charge in [0.05, 0.1) is 6.10 Å². The summed E-state index contributed by atoms with van der Waals surface area (Å²) in [6.07, 6.45) is 2.83. The molecule has 1 rings (SSSR count). The third-order valence-electron chi connectivity index (χ3n) is 2.24. The highest BCUT2D eigenvalue weighted by Gasteiger charge is 2.20. The van der Waals surface area contributed by atoms with Gasteiger partial charge in [-0.25, -0.2) is 0 Å². The highest BCUT2D eigenvalue weighted by atomic mass is 16.5. The Balaban J connectivity index is 2.18. The van der Waals surface area contributed by atoms with Crippen LogP contribution in [0.2, 0.25) is 0 Å². The predicted molar refractivity (Wildman–Crippen MR) is 46.7 cm³/mol. The van der Waals surface area contributed by atoms with E-state index in [-0.39, 0.29) is 0 Å². The predicted octanol–water partition coefficient (Wildman–Crippen LogP) is 1.41. The first kappa shape index (κ1) is 9.01. The Morgan fingerprint density at radius 3 is 3.00 bits per heavy atom. The first-order valence-corrected chi connectivity index (χ1v) is 4.67. The van der Waals surface area contributed by atoms with E-state index < -0.39 is 0 Å². The summed E-state index contributed by atoms with van der Waals surface area (Å²) in [6, 6.07) is 0. The maximum Gasteiger partial charge on any atom is 0.0624 e. The molecule has 2 nitrogen and oxygen atoms in total. The van der Waals surface area contributed by atoms with Crippen molar-refractivity contribution in [1.29, 1.82) is 0 Å². The number of hydrogen-bond donors (Lipinski definition) is 1. The molecule has 11 heavy (non-hydrogen) atoms. The minimum absolute atomic E-state index is 0.510. The first-order valence-electron chi connectivity index (χ1n) is 4.67. The second-order valence-electron chi connectivity index (χ2n) is 3.38. The molecule has 1 fully saturated rings. The zero-order chi connectivity index (χ0) is 8.10. The van der Waals surface area contributed by atoms with Gasteiger partial charge in [0.15, 0.2) is 0 Å². The summed E-state index contributed by atoms with van der Waals surface area (Å²) in [5, 5.41) is 3.36. The average molecular weight is 157 g/mol. The second-order valence-corrected chi connectivity index (χ2v) is 3.38. The van der Waals surface area contributed by atoms with E-state index in [0.29, 0.717) is 12.0 Å². The fraction of sp³-hybridized carbons (Fsp3) is 1.00. The third kappa shape index (κ3) is 2.80. The number of ether oxygens (including phenoxy) is 1. The standard InChI is InChI=1S/C9H19NO/c1-3-6-11-9-4-5-10-7-8(9)2/h8-10H,3-7H2,1-2H3. The topological polar surface area (TPSA) is 21.3 Å². The van der Waals surface area contributed by atoms with Gasteiger partial charge in [-0.1, -0.05) is 13.8 Å². The van der Waals surface area contributed by atoms with Gasteiger partial charge in [-0.2, -0.15) is 0 Å². The van der Waals surface area contributed by atoms with Crippen molar-refractivity contribution in [3.63, 3.8) is 0 Å². The summed E-state index contributed by atoms with van der Waals surface area (Å²) in [5.74, 6) is 0.690. The van der Waals surface area contributed by atoms with E-state index in [2.05, 4.69) is 19.2 Å². The number of piperidine rings is 1. The molecule has 0 radical (unpaired) electrons. The molecule has 1 aliphatic rings. The Labute approximate surface area is 69.3 Å². The Kier molecular flexibility index (Phi) is 3.87. The van der Waals surface area contributed by atoms with Gasteiger partial charge in [0.25, 0.3) is 0 Å². The molecule has 0 aliphatic carbocycles. The SMILES string of the molecule is CCCOC1CCNCC1C. The molecule has 2 unspecified atom stereocenters. The van der Waals surface area contributed by atoms with Crippen molar-refractivity contribution in [2.24, 2.45) is 5.92 Å². The molecule has 0 aromatic heterocycles. The van der Waals surface area contributed by atoms with Gasteiger partial charge in [-0.15, -0.1) is 0 Å². The highest BCUT2D eigenvalue weighted by molar-refractivity contribution is 4.74. The lowest BCUT2D eigenvalue weighted by molar-refractivity contribution is 0.00137. The number of hydrogen-bond acceptors (Lipinski definition) is 2. The van der Waals surface area contributed by atoms with E-state index in [0.717, 1.165) is 26.1 Å². The second kappa shape index (κ2) is 4.73. The Morgan fingerprint density at radius 1 is 1.55 bits per heavy atom. The van der Waals surface area contributed by atoms with Crippen LogP contribution in [0.1, 0.15) is 26.7 Å². The Morgan fingerprint density at radius 2 is 2.36 bits per heavy atom. The first-order chi connectivity index (χ1) is 5.34. The maximum absolute atomic E-state index is 5.70. The number of rotatable bonds is 3. The van der Waals surface area contributed by atoms with Gasteiger partial charge in [0.2, 0.25) is 0 Å². The summed E-state index contributed by atoms with van der Waals surface area (Å²) in [4.78, 5) is 0. The van der Waals surface area contributed by atoms with Gasteiger partial charge in [0, 0.05) is 13.2 Å². The largest absolute Gasteiger partial charge is 0.378 e. The zero-order valence-corrected chi connectivity index (χ0v) is 7.60. The van der Waals surface area contributed by atoms with Crippen LogP contribution in [0.4, 0.5) is 0 Å². The van der Waals surface area contributed by atoms with Gasteiger partial charge in [0.1, 0.15) is 0 Å². The lowest BCUT2D eigenvalue weighted by Crippen LogP contribution is -2.39. The molecule has 0 aromatic carbocycles. The molecule has 66 valence electrons. The van der Waals surface area contributed by atoms with Crippen LogP contribution in [-0.2, 0) is 4.74 Å². The van der Waals surface area contributed by atoms with Crippen molar-refractivity contribution in [3.05, 3.63) is 0 Å². The highest BCUT2D eigenvalue weighted by Crippen LogP contribution is 2.14. The summed E-state index contributed by atoms with van der Waals surface area (Å²) in [5.41, 5.74) is 0. The molecule has 0 aromatic rings. The number of nitrogens with one attached hydrogen (secondary N) is 1. The lowest BCUT2D eigenvalue weighted by Gasteiger charge is -2.29. The average Bonchev–Trinajstić information content (AvgIpc) is 2.03. The molecule has 0 amide bonds. The van der Waals surface area contributed by atoms with E-state index in [1.807, 2.05) is 0 Å². The Hall–Kier alpha value is -0.0800. The summed E-state index contributed by atoms with van der Waals surface area (Å²) >= 11 is 0. The van der Waals surface area contributed by atoms with E-state index in [1.165, 1.54) is 6.42 Å². The maximum atomic E-state index is 5.70. The van der Waals surface area contributed by atoms with Crippen LogP contribution in [-0.4, -0.2) is 25.8 Å². The van der Waals surface area contributed by atoms with Gasteiger partial charge >= 0.3 is 0 Å². The van der Waals surface area contributed by atoms with Crippen molar-refractivity contribution in [2.75, 3.05) is 19.7 Å². The van der Waals surface area contributed by atoms with Crippen LogP contribution >= 0.6 is 0 Å². The van der Waals surface area contributed by atoms with Crippen LogP contribution in [0, 0.1) is 5.92 Å². The van der Waals surface area contributed by atoms with Crippen molar-refractivity contribution in [1.82, 2.24) is 5.32 Å². The zero-order valence-electron chi connectivity index (χ0n) is 7.60. The lowest BCUT2D eigenvalue weighted by atomic mass is 9.98. The van der Waals surface area contributed by atoms with Gasteiger partial charge < -0.3 is 10.1 Å². The molecular weight excluding hydrogens is 138 g/mol. The quantitative estimate of drug-likeness (QED) is 0.669. The molecule has 0 saturated carbocycles. The van der Waals surface area contributed by atoms with Crippen molar-refractivity contribution >= 4 is 0 Å². The van der Waals surface area contributed by atoms with Crippen LogP contribution in [0.3, 0.4) is 0 Å². The van der Waals surface area contributed by atoms with E-state index in [1.54, 1.807) is 0 Å². The smallest absolute Gasteiger partial charge is 0.0624 e. The van der Waals surface area contributed by atoms with Crippen molar-refractivity contribution < 1.29 is 4.74 Å². The summed E-state index contributed by atoms with van der Waals surface area (Å²) < 4.78 is 5.70. The van der Waals surface area contributed by atoms with Crippen LogP contribution in [0.5, 0.6) is 0 Å². The monoisotopic (exact) mass is 157 g/mol. The van der Waals surface area contributed by atoms with Crippen LogP contribution < -0.4 is 5.32 Å². The third-order valence-corrected chi connectivity index (χ3v) is 2.24. The van der Waals surface area contributed by atoms with Gasteiger partial charge in [-0.05, 0) is 25.3 Å². The van der Waals surface area contributed by atoms with E-state index in [9.17, 15) is 0 Å². The minimum Gasteiger partial charge on any atom is -0.378 e. The molecule has 1 saturated heterocycles. The fourth-order valence-electron chi connectivity index (χ4n) is 1.51. The molecule has 1 heterocycles. The van der Waals surface area contributed by atoms with Crippen molar-refractivity contribution in [2.45, 2.75) is 32.8 Å². The van der Waals surface area contributed by atoms with Gasteiger partial charge in [-0.3, -0.25) is 0 Å². The summed E-state index contributed by atoms with van der Waals surface area (Å²) in [7, 11) is 0. The van der Waals surface area contributed by atoms with E-state index >= 15 is 0 Å². The molecule has 1 N–H and O–H groups in total. The molecule has 2 atom stereocenters. The van der Waals surface area contributed by atoms with E-state index in [4.69, 9.17) is 4.74 Å². The molecule has 0 bridgehead atoms. The fourth-order valence-corrected chi connectivity index (χ4v) is 1.51. The normalized spacial score (nSPS) is 32.2.